The highest BCUT2D eigenvalue weighted by Gasteiger charge is 2.55. The smallest absolute Gasteiger partial charge is 0.410 e. The first-order valence-corrected chi connectivity index (χ1v) is 11.3. The van der Waals surface area contributed by atoms with Crippen molar-refractivity contribution < 1.29 is 19.0 Å². The van der Waals surface area contributed by atoms with Crippen molar-refractivity contribution in [3.8, 4) is 5.75 Å². The summed E-state index contributed by atoms with van der Waals surface area (Å²) >= 11 is 0. The van der Waals surface area contributed by atoms with Crippen LogP contribution in [0.15, 0.2) is 46.6 Å². The molecule has 172 valence electrons. The average Bonchev–Trinajstić information content (AvgIpc) is 3.50. The Morgan fingerprint density at radius 3 is 2.72 bits per heavy atom. The number of aliphatic imine (C=N–C) groups is 1. The lowest BCUT2D eigenvalue weighted by Gasteiger charge is -2.39. The first-order chi connectivity index (χ1) is 15.2. The van der Waals surface area contributed by atoms with Gasteiger partial charge in [0, 0.05) is 43.8 Å². The number of nitrogens with zero attached hydrogens (tertiary/aromatic N) is 3. The van der Waals surface area contributed by atoms with Crippen LogP contribution < -0.4 is 4.74 Å². The number of pyridine rings is 1. The fourth-order valence-corrected chi connectivity index (χ4v) is 4.20. The highest BCUT2D eigenvalue weighted by atomic mass is 16.6. The van der Waals surface area contributed by atoms with E-state index in [1.165, 1.54) is 0 Å². The van der Waals surface area contributed by atoms with Crippen molar-refractivity contribution in [3.63, 3.8) is 0 Å². The summed E-state index contributed by atoms with van der Waals surface area (Å²) in [6.07, 6.45) is 8.69. The molecule has 2 fully saturated rings. The van der Waals surface area contributed by atoms with Crippen LogP contribution in [0.5, 0.6) is 5.75 Å². The number of rotatable bonds is 4. The molecule has 1 unspecified atom stereocenters. The summed E-state index contributed by atoms with van der Waals surface area (Å²) in [7, 11) is 0. The molecule has 32 heavy (non-hydrogen) atoms. The fraction of sp³-hybridized carbons (Fsp3) is 0.560. The number of likely N-dealkylation sites (tertiary alicyclic amines) is 1. The number of carbonyl (C=O) groups is 1. The van der Waals surface area contributed by atoms with Gasteiger partial charge in [0.15, 0.2) is 0 Å². The molecule has 1 aromatic heterocycles. The SMILES string of the molecule is CC1=C(OC2CCN(C(=O)OC(C)(C)C)CC23CC3)N=CC=C(Oc2cccnc2C)C1. The van der Waals surface area contributed by atoms with E-state index >= 15 is 0 Å². The van der Waals surface area contributed by atoms with E-state index in [0.29, 0.717) is 25.4 Å². The molecule has 1 saturated carbocycles. The summed E-state index contributed by atoms with van der Waals surface area (Å²) in [6, 6.07) is 3.78. The van der Waals surface area contributed by atoms with E-state index in [9.17, 15) is 4.79 Å². The molecule has 1 aromatic rings. The fourth-order valence-electron chi connectivity index (χ4n) is 4.20. The van der Waals surface area contributed by atoms with E-state index in [2.05, 4.69) is 9.98 Å². The topological polar surface area (TPSA) is 73.2 Å². The second kappa shape index (κ2) is 8.60. The molecule has 7 nitrogen and oxygen atoms in total. The molecule has 0 radical (unpaired) electrons. The van der Waals surface area contributed by atoms with Crippen LogP contribution in [0.2, 0.25) is 0 Å². The zero-order valence-electron chi connectivity index (χ0n) is 19.7. The maximum Gasteiger partial charge on any atom is 0.410 e. The number of amides is 1. The summed E-state index contributed by atoms with van der Waals surface area (Å²) in [5, 5.41) is 0. The number of hydrogen-bond acceptors (Lipinski definition) is 6. The van der Waals surface area contributed by atoms with Crippen molar-refractivity contribution in [2.75, 3.05) is 13.1 Å². The van der Waals surface area contributed by atoms with Gasteiger partial charge in [0.05, 0.1) is 5.69 Å². The maximum atomic E-state index is 12.5. The molecule has 0 aromatic carbocycles. The standard InChI is InChI=1S/C25H33N3O4/c1-17-15-19(30-20-7-6-12-26-18(20)2)8-13-27-22(17)31-21-9-14-28(16-25(21)10-11-25)23(29)32-24(3,4)5/h6-8,12-13,21H,9-11,14-16H2,1-5H3. The summed E-state index contributed by atoms with van der Waals surface area (Å²) in [5.74, 6) is 2.21. The van der Waals surface area contributed by atoms with Gasteiger partial charge in [-0.3, -0.25) is 4.98 Å². The Morgan fingerprint density at radius 1 is 1.25 bits per heavy atom. The Bertz CT molecular complexity index is 970. The van der Waals surface area contributed by atoms with Crippen molar-refractivity contribution in [1.29, 1.82) is 0 Å². The molecule has 1 atom stereocenters. The summed E-state index contributed by atoms with van der Waals surface area (Å²) in [6.45, 7) is 11.0. The molecule has 0 N–H and O–H groups in total. The monoisotopic (exact) mass is 439 g/mol. The van der Waals surface area contributed by atoms with E-state index in [1.54, 1.807) is 12.4 Å². The largest absolute Gasteiger partial charge is 0.474 e. The van der Waals surface area contributed by atoms with Crippen LogP contribution in [-0.4, -0.2) is 47.0 Å². The summed E-state index contributed by atoms with van der Waals surface area (Å²) in [5.41, 5.74) is 1.39. The van der Waals surface area contributed by atoms with Gasteiger partial charge >= 0.3 is 6.09 Å². The normalized spacial score (nSPS) is 22.3. The van der Waals surface area contributed by atoms with Gasteiger partial charge < -0.3 is 19.1 Å². The molecule has 7 heteroatoms. The Morgan fingerprint density at radius 2 is 2.03 bits per heavy atom. The molecule has 2 aliphatic heterocycles. The lowest BCUT2D eigenvalue weighted by atomic mass is 9.91. The quantitative estimate of drug-likeness (QED) is 0.647. The Labute approximate surface area is 190 Å². The lowest BCUT2D eigenvalue weighted by molar-refractivity contribution is -0.0288. The molecule has 3 heterocycles. The van der Waals surface area contributed by atoms with Crippen LogP contribution in [0, 0.1) is 12.3 Å². The predicted molar refractivity (Wildman–Crippen MR) is 122 cm³/mol. The molecular formula is C25H33N3O4. The van der Waals surface area contributed by atoms with Gasteiger partial charge in [0.25, 0.3) is 0 Å². The Balaban J connectivity index is 1.39. The van der Waals surface area contributed by atoms with Crippen LogP contribution in [0.3, 0.4) is 0 Å². The van der Waals surface area contributed by atoms with E-state index < -0.39 is 5.60 Å². The van der Waals surface area contributed by atoms with E-state index in [1.807, 2.05) is 57.7 Å². The number of aryl methyl sites for hydroxylation is 1. The second-order valence-electron chi connectivity index (χ2n) is 10.0. The van der Waals surface area contributed by atoms with Crippen molar-refractivity contribution in [1.82, 2.24) is 9.88 Å². The molecule has 1 amide bonds. The molecule has 1 spiro atoms. The first-order valence-electron chi connectivity index (χ1n) is 11.3. The molecule has 1 saturated heterocycles. The third-order valence-electron chi connectivity index (χ3n) is 6.10. The Kier molecular flexibility index (Phi) is 6.01. The van der Waals surface area contributed by atoms with Gasteiger partial charge in [-0.1, -0.05) is 0 Å². The first kappa shape index (κ1) is 22.4. The number of allylic oxidation sites excluding steroid dienone is 2. The summed E-state index contributed by atoms with van der Waals surface area (Å²) in [4.78, 5) is 23.2. The highest BCUT2D eigenvalue weighted by molar-refractivity contribution is 5.73. The zero-order valence-corrected chi connectivity index (χ0v) is 19.7. The Hall–Kier alpha value is -2.83. The van der Waals surface area contributed by atoms with Crippen LogP contribution in [-0.2, 0) is 9.47 Å². The van der Waals surface area contributed by atoms with Crippen LogP contribution in [0.1, 0.15) is 59.1 Å². The predicted octanol–water partition coefficient (Wildman–Crippen LogP) is 5.16. The van der Waals surface area contributed by atoms with Crippen molar-refractivity contribution in [2.45, 2.75) is 72.0 Å². The third-order valence-corrected chi connectivity index (χ3v) is 6.10. The third kappa shape index (κ3) is 5.14. The van der Waals surface area contributed by atoms with E-state index in [-0.39, 0.29) is 17.6 Å². The minimum absolute atomic E-state index is 0.00381. The maximum absolute atomic E-state index is 12.5. The second-order valence-corrected chi connectivity index (χ2v) is 10.0. The number of carbonyl (C=O) groups excluding carboxylic acids is 1. The highest BCUT2D eigenvalue weighted by Crippen LogP contribution is 2.54. The van der Waals surface area contributed by atoms with Gasteiger partial charge in [-0.15, -0.1) is 0 Å². The number of hydrogen-bond donors (Lipinski definition) is 0. The van der Waals surface area contributed by atoms with Gasteiger partial charge in [-0.05, 0) is 71.2 Å². The van der Waals surface area contributed by atoms with Crippen molar-refractivity contribution >= 4 is 12.3 Å². The van der Waals surface area contributed by atoms with Crippen LogP contribution in [0.4, 0.5) is 4.79 Å². The van der Waals surface area contributed by atoms with Gasteiger partial charge in [-0.2, -0.15) is 0 Å². The molecule has 3 aliphatic rings. The van der Waals surface area contributed by atoms with Crippen LogP contribution >= 0.6 is 0 Å². The summed E-state index contributed by atoms with van der Waals surface area (Å²) < 4.78 is 18.1. The van der Waals surface area contributed by atoms with Crippen molar-refractivity contribution in [3.05, 3.63) is 47.3 Å². The van der Waals surface area contributed by atoms with Gasteiger partial charge in [-0.25, -0.2) is 9.79 Å². The minimum atomic E-state index is -0.487. The minimum Gasteiger partial charge on any atom is -0.474 e. The zero-order chi connectivity index (χ0) is 22.9. The molecule has 0 bridgehead atoms. The molecular weight excluding hydrogens is 406 g/mol. The lowest BCUT2D eigenvalue weighted by Crippen LogP contribution is -2.49. The molecule has 4 rings (SSSR count). The average molecular weight is 440 g/mol. The number of ether oxygens (including phenoxy) is 3. The van der Waals surface area contributed by atoms with E-state index in [4.69, 9.17) is 14.2 Å². The van der Waals surface area contributed by atoms with E-state index in [0.717, 1.165) is 42.0 Å². The van der Waals surface area contributed by atoms with Gasteiger partial charge in [0.2, 0.25) is 5.88 Å². The molecule has 1 aliphatic carbocycles. The van der Waals surface area contributed by atoms with Gasteiger partial charge in [0.1, 0.15) is 23.2 Å². The van der Waals surface area contributed by atoms with Crippen LogP contribution in [0.25, 0.3) is 0 Å². The number of aromatic nitrogens is 1. The number of piperidine rings is 1. The van der Waals surface area contributed by atoms with Crippen molar-refractivity contribution in [2.24, 2.45) is 10.4 Å².